The van der Waals surface area contributed by atoms with Crippen molar-refractivity contribution in [3.8, 4) is 23.7 Å². The lowest BCUT2D eigenvalue weighted by molar-refractivity contribution is -0.158. The first-order chi connectivity index (χ1) is 10.0. The molecule has 0 aliphatic rings. The Labute approximate surface area is 125 Å². The highest BCUT2D eigenvalue weighted by atomic mass is 16.6. The van der Waals surface area contributed by atoms with Gasteiger partial charge in [0.05, 0.1) is 0 Å². The number of ether oxygens (including phenoxy) is 2. The fourth-order valence-electron chi connectivity index (χ4n) is 1.23. The minimum absolute atomic E-state index is 0.492. The van der Waals surface area contributed by atoms with Gasteiger partial charge in [0, 0.05) is 13.8 Å². The largest absolute Gasteiger partial charge is 0.454 e. The van der Waals surface area contributed by atoms with Gasteiger partial charge in [-0.25, -0.2) is 0 Å². The Morgan fingerprint density at radius 2 is 1.52 bits per heavy atom. The number of rotatable bonds is 5. The Kier molecular flexibility index (Phi) is 9.69. The number of allylic oxidation sites excluding steroid dienone is 3. The van der Waals surface area contributed by atoms with E-state index in [1.54, 1.807) is 12.2 Å². The molecule has 2 atom stereocenters. The van der Waals surface area contributed by atoms with Crippen LogP contribution in [0.2, 0.25) is 0 Å². The zero-order chi connectivity index (χ0) is 16.1. The van der Waals surface area contributed by atoms with Gasteiger partial charge in [0.2, 0.25) is 0 Å². The summed E-state index contributed by atoms with van der Waals surface area (Å²) in [6.07, 6.45) is 6.32. The molecule has 0 saturated heterocycles. The van der Waals surface area contributed by atoms with Gasteiger partial charge in [-0.15, -0.1) is 0 Å². The number of hydrogen-bond acceptors (Lipinski definition) is 4. The van der Waals surface area contributed by atoms with E-state index in [4.69, 9.17) is 9.47 Å². The zero-order valence-electron chi connectivity index (χ0n) is 12.4. The number of hydrogen-bond donors (Lipinski definition) is 0. The van der Waals surface area contributed by atoms with Crippen molar-refractivity contribution in [2.24, 2.45) is 0 Å². The molecular formula is C17H18O4. The highest BCUT2D eigenvalue weighted by Crippen LogP contribution is 2.08. The van der Waals surface area contributed by atoms with E-state index in [2.05, 4.69) is 30.3 Å². The molecular weight excluding hydrogens is 268 g/mol. The third-order valence-electron chi connectivity index (χ3n) is 1.99. The Hall–Kier alpha value is -2.72. The topological polar surface area (TPSA) is 52.6 Å². The lowest BCUT2D eigenvalue weighted by atomic mass is 10.2. The summed E-state index contributed by atoms with van der Waals surface area (Å²) in [7, 11) is 0. The van der Waals surface area contributed by atoms with E-state index in [0.717, 1.165) is 0 Å². The van der Waals surface area contributed by atoms with Crippen LogP contribution in [0.1, 0.15) is 20.8 Å². The predicted octanol–water partition coefficient (Wildman–Crippen LogP) is 2.17. The van der Waals surface area contributed by atoms with E-state index in [9.17, 15) is 9.59 Å². The standard InChI is InChI=1S/C17H18O4/c1-5-7-8-9-10-11-12-13-17(21-15(4)19)16(6-2)20-14(3)18/h5-7,12-13,16-17H,2H2,1,3-4H3/b7-5+,13-12+/t16-,17+/m0/s1. The van der Waals surface area contributed by atoms with Gasteiger partial charge in [-0.1, -0.05) is 24.5 Å². The predicted molar refractivity (Wildman–Crippen MR) is 80.8 cm³/mol. The monoisotopic (exact) mass is 286 g/mol. The van der Waals surface area contributed by atoms with Crippen LogP contribution in [0.5, 0.6) is 0 Å². The number of carbonyl (C=O) groups excluding carboxylic acids is 2. The lowest BCUT2D eigenvalue weighted by Crippen LogP contribution is -2.31. The lowest BCUT2D eigenvalue weighted by Gasteiger charge is -2.20. The molecule has 0 aromatic rings. The maximum Gasteiger partial charge on any atom is 0.303 e. The fraction of sp³-hybridized carbons (Fsp3) is 0.294. The van der Waals surface area contributed by atoms with Gasteiger partial charge in [0.25, 0.3) is 0 Å². The Bertz CT molecular complexity index is 547. The highest BCUT2D eigenvalue weighted by Gasteiger charge is 2.21. The molecule has 0 N–H and O–H groups in total. The molecule has 0 rings (SSSR count). The van der Waals surface area contributed by atoms with Crippen LogP contribution in [-0.4, -0.2) is 24.1 Å². The van der Waals surface area contributed by atoms with Crippen LogP contribution >= 0.6 is 0 Å². The first-order valence-corrected chi connectivity index (χ1v) is 6.27. The van der Waals surface area contributed by atoms with Crippen LogP contribution in [-0.2, 0) is 19.1 Å². The minimum Gasteiger partial charge on any atom is -0.454 e. The van der Waals surface area contributed by atoms with Crippen molar-refractivity contribution in [3.05, 3.63) is 37.0 Å². The number of esters is 2. The maximum atomic E-state index is 11.1. The molecule has 0 spiro atoms. The Balaban J connectivity index is 4.91. The van der Waals surface area contributed by atoms with E-state index in [-0.39, 0.29) is 0 Å². The van der Waals surface area contributed by atoms with Crippen molar-refractivity contribution in [1.29, 1.82) is 0 Å². The van der Waals surface area contributed by atoms with Gasteiger partial charge in [0.15, 0.2) is 12.2 Å². The first-order valence-electron chi connectivity index (χ1n) is 6.27. The average molecular weight is 286 g/mol. The molecule has 0 aromatic carbocycles. The van der Waals surface area contributed by atoms with Gasteiger partial charge in [-0.05, 0) is 43.1 Å². The maximum absolute atomic E-state index is 11.1. The van der Waals surface area contributed by atoms with E-state index >= 15 is 0 Å². The minimum atomic E-state index is -0.776. The third kappa shape index (κ3) is 9.81. The molecule has 110 valence electrons. The normalized spacial score (nSPS) is 12.5. The van der Waals surface area contributed by atoms with E-state index in [1.807, 2.05) is 6.92 Å². The molecule has 0 aliphatic heterocycles. The highest BCUT2D eigenvalue weighted by molar-refractivity contribution is 5.67. The fourth-order valence-corrected chi connectivity index (χ4v) is 1.23. The van der Waals surface area contributed by atoms with Gasteiger partial charge in [0.1, 0.15) is 0 Å². The summed E-state index contributed by atoms with van der Waals surface area (Å²) in [5.41, 5.74) is 0. The SMILES string of the molecule is C=C[C@H](OC(C)=O)[C@@H](/C=C/C#CC#C/C=C/C)OC(C)=O. The Morgan fingerprint density at radius 3 is 2.00 bits per heavy atom. The second-order valence-electron chi connectivity index (χ2n) is 3.78. The summed E-state index contributed by atoms with van der Waals surface area (Å²) in [6.45, 7) is 7.94. The van der Waals surface area contributed by atoms with E-state index < -0.39 is 24.1 Å². The summed E-state index contributed by atoms with van der Waals surface area (Å²) >= 11 is 0. The molecule has 0 aromatic heterocycles. The molecule has 0 amide bonds. The molecule has 0 heterocycles. The van der Waals surface area contributed by atoms with Gasteiger partial charge in [-0.2, -0.15) is 0 Å². The molecule has 0 saturated carbocycles. The van der Waals surface area contributed by atoms with Crippen LogP contribution in [0.25, 0.3) is 0 Å². The molecule has 0 bridgehead atoms. The second-order valence-corrected chi connectivity index (χ2v) is 3.78. The molecule has 0 unspecified atom stereocenters. The third-order valence-corrected chi connectivity index (χ3v) is 1.99. The van der Waals surface area contributed by atoms with Crippen LogP contribution < -0.4 is 0 Å². The first kappa shape index (κ1) is 18.3. The van der Waals surface area contributed by atoms with E-state index in [0.29, 0.717) is 0 Å². The molecule has 21 heavy (non-hydrogen) atoms. The van der Waals surface area contributed by atoms with Crippen LogP contribution in [0.15, 0.2) is 37.0 Å². The zero-order valence-corrected chi connectivity index (χ0v) is 12.4. The quantitative estimate of drug-likeness (QED) is 0.441. The summed E-state index contributed by atoms with van der Waals surface area (Å²) in [5, 5.41) is 0. The number of carbonyl (C=O) groups is 2. The van der Waals surface area contributed by atoms with E-state index in [1.165, 1.54) is 32.1 Å². The summed E-state index contributed by atoms with van der Waals surface area (Å²) in [6, 6.07) is 0. The van der Waals surface area contributed by atoms with Crippen molar-refractivity contribution >= 4 is 11.9 Å². The van der Waals surface area contributed by atoms with Crippen LogP contribution in [0.3, 0.4) is 0 Å². The summed E-state index contributed by atoms with van der Waals surface area (Å²) in [5.74, 6) is 9.61. The Morgan fingerprint density at radius 1 is 1.00 bits per heavy atom. The molecule has 0 fully saturated rings. The molecule has 4 heteroatoms. The van der Waals surface area contributed by atoms with Crippen molar-refractivity contribution in [1.82, 2.24) is 0 Å². The molecule has 0 radical (unpaired) electrons. The van der Waals surface area contributed by atoms with Gasteiger partial charge < -0.3 is 9.47 Å². The van der Waals surface area contributed by atoms with Crippen molar-refractivity contribution in [2.45, 2.75) is 33.0 Å². The molecule has 0 aliphatic carbocycles. The smallest absolute Gasteiger partial charge is 0.303 e. The van der Waals surface area contributed by atoms with Crippen molar-refractivity contribution < 1.29 is 19.1 Å². The van der Waals surface area contributed by atoms with Gasteiger partial charge in [-0.3, -0.25) is 9.59 Å². The van der Waals surface area contributed by atoms with Crippen molar-refractivity contribution in [3.63, 3.8) is 0 Å². The van der Waals surface area contributed by atoms with Gasteiger partial charge >= 0.3 is 11.9 Å². The summed E-state index contributed by atoms with van der Waals surface area (Å²) < 4.78 is 10.1. The average Bonchev–Trinajstić information content (AvgIpc) is 2.42. The van der Waals surface area contributed by atoms with Crippen LogP contribution in [0.4, 0.5) is 0 Å². The van der Waals surface area contributed by atoms with Crippen LogP contribution in [0, 0.1) is 23.7 Å². The summed E-state index contributed by atoms with van der Waals surface area (Å²) in [4.78, 5) is 22.1. The second kappa shape index (κ2) is 11.1. The van der Waals surface area contributed by atoms with Crippen molar-refractivity contribution in [2.75, 3.05) is 0 Å². The molecule has 4 nitrogen and oxygen atoms in total.